The van der Waals surface area contributed by atoms with Gasteiger partial charge in [-0.05, 0) is 32.5 Å². The Morgan fingerprint density at radius 2 is 1.82 bits per heavy atom. The third-order valence-corrected chi connectivity index (χ3v) is 2.90. The van der Waals surface area contributed by atoms with Crippen LogP contribution in [0.3, 0.4) is 0 Å². The van der Waals surface area contributed by atoms with Crippen molar-refractivity contribution < 1.29 is 0 Å². The molecule has 1 unspecified atom stereocenters. The molecule has 0 saturated carbocycles. The summed E-state index contributed by atoms with van der Waals surface area (Å²) < 4.78 is 1.84. The molecule has 1 aromatic heterocycles. The molecule has 0 fully saturated rings. The maximum atomic E-state index is 4.47. The van der Waals surface area contributed by atoms with Gasteiger partial charge < -0.3 is 5.32 Å². The van der Waals surface area contributed by atoms with Crippen LogP contribution in [-0.2, 0) is 7.05 Å². The molecule has 0 bridgehead atoms. The highest BCUT2D eigenvalue weighted by Gasteiger charge is 2.14. The molecule has 0 amide bonds. The first-order chi connectivity index (χ1) is 8.10. The van der Waals surface area contributed by atoms with E-state index < -0.39 is 0 Å². The summed E-state index contributed by atoms with van der Waals surface area (Å²) in [6.45, 7) is 4.25. The normalized spacial score (nSPS) is 12.7. The van der Waals surface area contributed by atoms with Crippen LogP contribution in [0.15, 0.2) is 30.5 Å². The third-order valence-electron chi connectivity index (χ3n) is 2.90. The molecule has 3 heteroatoms. The number of hydrogen-bond acceptors (Lipinski definition) is 2. The summed E-state index contributed by atoms with van der Waals surface area (Å²) in [6, 6.07) is 8.83. The lowest BCUT2D eigenvalue weighted by atomic mass is 9.99. The van der Waals surface area contributed by atoms with Gasteiger partial charge in [-0.15, -0.1) is 0 Å². The fourth-order valence-corrected chi connectivity index (χ4v) is 2.25. The van der Waals surface area contributed by atoms with Gasteiger partial charge in [0.05, 0.1) is 11.7 Å². The molecule has 0 aliphatic heterocycles. The van der Waals surface area contributed by atoms with Crippen molar-refractivity contribution in [2.24, 2.45) is 7.05 Å². The van der Waals surface area contributed by atoms with Crippen LogP contribution in [0.1, 0.15) is 28.4 Å². The Kier molecular flexibility index (Phi) is 3.29. The van der Waals surface area contributed by atoms with E-state index in [-0.39, 0.29) is 6.04 Å². The molecule has 1 aromatic carbocycles. The van der Waals surface area contributed by atoms with Crippen LogP contribution in [0, 0.1) is 13.8 Å². The molecule has 2 aromatic rings. The van der Waals surface area contributed by atoms with Crippen molar-refractivity contribution in [3.63, 3.8) is 0 Å². The van der Waals surface area contributed by atoms with E-state index in [9.17, 15) is 0 Å². The predicted molar refractivity (Wildman–Crippen MR) is 70.0 cm³/mol. The van der Waals surface area contributed by atoms with E-state index in [0.717, 1.165) is 5.69 Å². The standard InChI is InChI=1S/C14H19N3/c1-10-7-11(2)9-12(8-10)14(15-3)13-5-6-17(4)16-13/h5-9,14-15H,1-4H3. The first-order valence-electron chi connectivity index (χ1n) is 5.85. The molecule has 0 spiro atoms. The largest absolute Gasteiger partial charge is 0.308 e. The van der Waals surface area contributed by atoms with Crippen LogP contribution < -0.4 is 5.32 Å². The van der Waals surface area contributed by atoms with E-state index in [4.69, 9.17) is 0 Å². The highest BCUT2D eigenvalue weighted by molar-refractivity contribution is 5.34. The van der Waals surface area contributed by atoms with Crippen molar-refractivity contribution in [1.82, 2.24) is 15.1 Å². The summed E-state index contributed by atoms with van der Waals surface area (Å²) in [5.74, 6) is 0. The molecule has 0 radical (unpaired) electrons. The summed E-state index contributed by atoms with van der Waals surface area (Å²) in [7, 11) is 3.91. The Hall–Kier alpha value is -1.61. The minimum absolute atomic E-state index is 0.162. The molecule has 90 valence electrons. The lowest BCUT2D eigenvalue weighted by Crippen LogP contribution is -2.18. The summed E-state index contributed by atoms with van der Waals surface area (Å²) in [6.07, 6.45) is 1.97. The Bertz CT molecular complexity index is 494. The number of rotatable bonds is 3. The maximum absolute atomic E-state index is 4.47. The Morgan fingerprint density at radius 1 is 1.18 bits per heavy atom. The topological polar surface area (TPSA) is 29.9 Å². The number of aromatic nitrogens is 2. The summed E-state index contributed by atoms with van der Waals surface area (Å²) in [4.78, 5) is 0. The molecule has 3 nitrogen and oxygen atoms in total. The zero-order valence-electron chi connectivity index (χ0n) is 10.9. The van der Waals surface area contributed by atoms with Crippen molar-refractivity contribution in [3.05, 3.63) is 52.8 Å². The molecular formula is C14H19N3. The van der Waals surface area contributed by atoms with Crippen molar-refractivity contribution >= 4 is 0 Å². The van der Waals surface area contributed by atoms with Crippen LogP contribution in [0.25, 0.3) is 0 Å². The lowest BCUT2D eigenvalue weighted by molar-refractivity contribution is 0.641. The van der Waals surface area contributed by atoms with E-state index >= 15 is 0 Å². The summed E-state index contributed by atoms with van der Waals surface area (Å²) in [5, 5.41) is 7.80. The minimum atomic E-state index is 0.162. The van der Waals surface area contributed by atoms with Crippen molar-refractivity contribution in [2.45, 2.75) is 19.9 Å². The van der Waals surface area contributed by atoms with Gasteiger partial charge in [-0.2, -0.15) is 5.10 Å². The van der Waals surface area contributed by atoms with Crippen LogP contribution in [0.4, 0.5) is 0 Å². The van der Waals surface area contributed by atoms with Crippen LogP contribution in [0.2, 0.25) is 0 Å². The fourth-order valence-electron chi connectivity index (χ4n) is 2.25. The quantitative estimate of drug-likeness (QED) is 0.875. The van der Waals surface area contributed by atoms with Crippen molar-refractivity contribution in [2.75, 3.05) is 7.05 Å². The lowest BCUT2D eigenvalue weighted by Gasteiger charge is -2.15. The first kappa shape index (κ1) is 11.9. The third kappa shape index (κ3) is 2.56. The van der Waals surface area contributed by atoms with E-state index in [2.05, 4.69) is 48.5 Å². The first-order valence-corrected chi connectivity index (χ1v) is 5.85. The Labute approximate surface area is 102 Å². The highest BCUT2D eigenvalue weighted by atomic mass is 15.3. The smallest absolute Gasteiger partial charge is 0.0839 e. The van der Waals surface area contributed by atoms with Gasteiger partial charge >= 0.3 is 0 Å². The van der Waals surface area contributed by atoms with Gasteiger partial charge in [0.1, 0.15) is 0 Å². The Balaban J connectivity index is 2.41. The molecule has 17 heavy (non-hydrogen) atoms. The molecule has 0 aliphatic carbocycles. The number of hydrogen-bond donors (Lipinski definition) is 1. The van der Waals surface area contributed by atoms with E-state index in [1.165, 1.54) is 16.7 Å². The second-order valence-electron chi connectivity index (χ2n) is 4.56. The maximum Gasteiger partial charge on any atom is 0.0839 e. The van der Waals surface area contributed by atoms with E-state index in [0.29, 0.717) is 0 Å². The molecule has 1 heterocycles. The molecule has 2 rings (SSSR count). The van der Waals surface area contributed by atoms with Gasteiger partial charge in [0.2, 0.25) is 0 Å². The summed E-state index contributed by atoms with van der Waals surface area (Å²) >= 11 is 0. The van der Waals surface area contributed by atoms with E-state index in [1.807, 2.05) is 25.0 Å². The zero-order valence-corrected chi connectivity index (χ0v) is 10.9. The average molecular weight is 229 g/mol. The fraction of sp³-hybridized carbons (Fsp3) is 0.357. The molecule has 1 N–H and O–H groups in total. The zero-order chi connectivity index (χ0) is 12.4. The number of nitrogens with one attached hydrogen (secondary N) is 1. The minimum Gasteiger partial charge on any atom is -0.308 e. The SMILES string of the molecule is CNC(c1cc(C)cc(C)c1)c1ccn(C)n1. The van der Waals surface area contributed by atoms with Crippen LogP contribution >= 0.6 is 0 Å². The second-order valence-corrected chi connectivity index (χ2v) is 4.56. The van der Waals surface area contributed by atoms with Gasteiger partial charge in [-0.3, -0.25) is 4.68 Å². The van der Waals surface area contributed by atoms with Gasteiger partial charge in [-0.25, -0.2) is 0 Å². The van der Waals surface area contributed by atoms with E-state index in [1.54, 1.807) is 0 Å². The molecular weight excluding hydrogens is 210 g/mol. The predicted octanol–water partition coefficient (Wildman–Crippen LogP) is 2.35. The van der Waals surface area contributed by atoms with Gasteiger partial charge in [0, 0.05) is 13.2 Å². The number of benzene rings is 1. The number of nitrogens with zero attached hydrogens (tertiary/aromatic N) is 2. The van der Waals surface area contributed by atoms with Crippen molar-refractivity contribution in [1.29, 1.82) is 0 Å². The number of aryl methyl sites for hydroxylation is 3. The summed E-state index contributed by atoms with van der Waals surface area (Å²) in [5.41, 5.74) is 4.90. The highest BCUT2D eigenvalue weighted by Crippen LogP contribution is 2.22. The molecule has 0 saturated heterocycles. The van der Waals surface area contributed by atoms with Crippen molar-refractivity contribution in [3.8, 4) is 0 Å². The molecule has 0 aliphatic rings. The van der Waals surface area contributed by atoms with Crippen LogP contribution in [0.5, 0.6) is 0 Å². The van der Waals surface area contributed by atoms with Gasteiger partial charge in [0.25, 0.3) is 0 Å². The molecule has 1 atom stereocenters. The Morgan fingerprint density at radius 3 is 2.29 bits per heavy atom. The van der Waals surface area contributed by atoms with Crippen LogP contribution in [-0.4, -0.2) is 16.8 Å². The average Bonchev–Trinajstić information content (AvgIpc) is 2.64. The monoisotopic (exact) mass is 229 g/mol. The van der Waals surface area contributed by atoms with Gasteiger partial charge in [-0.1, -0.05) is 29.3 Å². The second kappa shape index (κ2) is 4.72. The van der Waals surface area contributed by atoms with Gasteiger partial charge in [0.15, 0.2) is 0 Å².